The van der Waals surface area contributed by atoms with Crippen LogP contribution in [0.3, 0.4) is 0 Å². The third-order valence-electron chi connectivity index (χ3n) is 7.50. The van der Waals surface area contributed by atoms with Crippen LogP contribution in [0.1, 0.15) is 12.0 Å². The number of hydrogen-bond acceptors (Lipinski definition) is 9. The van der Waals surface area contributed by atoms with E-state index in [1.807, 2.05) is 18.2 Å². The predicted octanol–water partition coefficient (Wildman–Crippen LogP) is 3.62. The van der Waals surface area contributed by atoms with Crippen LogP contribution in [0.15, 0.2) is 66.1 Å². The molecule has 1 N–H and O–H groups in total. The lowest BCUT2D eigenvalue weighted by Crippen LogP contribution is -2.69. The zero-order valence-corrected chi connectivity index (χ0v) is 23.1. The van der Waals surface area contributed by atoms with E-state index in [0.29, 0.717) is 40.2 Å². The Labute approximate surface area is 240 Å². The molecule has 3 aliphatic heterocycles. The summed E-state index contributed by atoms with van der Waals surface area (Å²) < 4.78 is 50.1. The number of aromatic nitrogens is 3. The van der Waals surface area contributed by atoms with E-state index in [2.05, 4.69) is 37.5 Å². The third-order valence-corrected chi connectivity index (χ3v) is 7.50. The molecule has 42 heavy (non-hydrogen) atoms. The Bertz CT molecular complexity index is 1550. The van der Waals surface area contributed by atoms with Crippen molar-refractivity contribution in [3.63, 3.8) is 0 Å². The van der Waals surface area contributed by atoms with Gasteiger partial charge in [-0.05, 0) is 30.2 Å². The van der Waals surface area contributed by atoms with E-state index in [0.717, 1.165) is 37.4 Å². The maximum absolute atomic E-state index is 12.8. The van der Waals surface area contributed by atoms with Crippen molar-refractivity contribution < 1.29 is 27.8 Å². The Morgan fingerprint density at radius 3 is 2.67 bits per heavy atom. The fourth-order valence-electron chi connectivity index (χ4n) is 5.32. The van der Waals surface area contributed by atoms with Crippen LogP contribution in [-0.2, 0) is 4.74 Å². The van der Waals surface area contributed by atoms with E-state index in [-0.39, 0.29) is 5.75 Å². The molecule has 0 aliphatic carbocycles. The standard InChI is InChI=1S/C29H30F3N7O3/c1-18(4-7-27(34-2)41-3)13-38-21-8-22(38)15-37(14-21)26-6-5-19(11-35-26)24-9-23(42-17-25(40)29(30,31)32)16-39-28(24)20(10-33)12-36-39/h4-7,9,11-12,16,21-22,25,40H,1,8,13-15,17H2,2-3H3/b7-4-,34-27?/t21?,22?,25-/m0/s1. The first-order valence-corrected chi connectivity index (χ1v) is 13.2. The van der Waals surface area contributed by atoms with E-state index >= 15 is 0 Å². The van der Waals surface area contributed by atoms with Crippen molar-refractivity contribution in [2.75, 3.05) is 45.3 Å². The van der Waals surface area contributed by atoms with Crippen molar-refractivity contribution in [2.45, 2.75) is 30.8 Å². The van der Waals surface area contributed by atoms with Gasteiger partial charge in [-0.3, -0.25) is 9.89 Å². The Balaban J connectivity index is 1.29. The lowest BCUT2D eigenvalue weighted by molar-refractivity contribution is -0.210. The van der Waals surface area contributed by atoms with E-state index in [1.54, 1.807) is 26.4 Å². The average molecular weight is 582 g/mol. The number of piperidine rings is 1. The van der Waals surface area contributed by atoms with Crippen molar-refractivity contribution >= 4 is 17.2 Å². The summed E-state index contributed by atoms with van der Waals surface area (Å²) in [7, 11) is 3.25. The van der Waals surface area contributed by atoms with Gasteiger partial charge in [0.15, 0.2) is 6.10 Å². The second-order valence-electron chi connectivity index (χ2n) is 10.2. The fourth-order valence-corrected chi connectivity index (χ4v) is 5.32. The topological polar surface area (TPSA) is 112 Å². The molecule has 3 aliphatic rings. The summed E-state index contributed by atoms with van der Waals surface area (Å²) in [4.78, 5) is 13.4. The molecule has 0 aromatic carbocycles. The first-order chi connectivity index (χ1) is 20.1. The Kier molecular flexibility index (Phi) is 8.20. The number of ether oxygens (including phenoxy) is 2. The van der Waals surface area contributed by atoms with Gasteiger partial charge in [-0.2, -0.15) is 23.5 Å². The SMILES string of the molecule is C=C(/C=C\C(=NC)OC)CN1C2CC1CN(c1ccc(-c3cc(OC[C@H](O)C(F)(F)F)cn4ncc(C#N)c34)cn1)C2. The number of hydrogen-bond donors (Lipinski definition) is 1. The molecule has 6 rings (SSSR count). The highest BCUT2D eigenvalue weighted by Gasteiger charge is 2.44. The number of aliphatic imine (C=N–C) groups is 1. The van der Waals surface area contributed by atoms with Crippen LogP contribution in [0.4, 0.5) is 19.0 Å². The van der Waals surface area contributed by atoms with Gasteiger partial charge >= 0.3 is 6.18 Å². The number of rotatable bonds is 9. The summed E-state index contributed by atoms with van der Waals surface area (Å²) in [6.45, 7) is 5.58. The highest BCUT2D eigenvalue weighted by atomic mass is 19.4. The number of pyridine rings is 2. The van der Waals surface area contributed by atoms with E-state index in [1.165, 1.54) is 23.0 Å². The second-order valence-corrected chi connectivity index (χ2v) is 10.2. The van der Waals surface area contributed by atoms with Gasteiger partial charge in [-0.15, -0.1) is 0 Å². The van der Waals surface area contributed by atoms with Gasteiger partial charge in [0.25, 0.3) is 0 Å². The lowest BCUT2D eigenvalue weighted by Gasteiger charge is -2.56. The smallest absolute Gasteiger partial charge is 0.417 e. The number of aliphatic hydroxyl groups is 1. The van der Waals surface area contributed by atoms with E-state index in [4.69, 9.17) is 9.47 Å². The molecule has 3 atom stereocenters. The van der Waals surface area contributed by atoms with Crippen LogP contribution in [0.5, 0.6) is 5.75 Å². The van der Waals surface area contributed by atoms with Gasteiger partial charge in [-0.1, -0.05) is 12.7 Å². The van der Waals surface area contributed by atoms with Gasteiger partial charge < -0.3 is 19.5 Å². The molecule has 0 amide bonds. The maximum Gasteiger partial charge on any atom is 0.417 e. The minimum atomic E-state index is -4.80. The summed E-state index contributed by atoms with van der Waals surface area (Å²) in [6, 6.07) is 8.11. The number of alkyl halides is 3. The number of methoxy groups -OCH3 is 1. The molecule has 2 unspecified atom stereocenters. The van der Waals surface area contributed by atoms with Crippen molar-refractivity contribution in [3.05, 3.63) is 66.7 Å². The molecule has 220 valence electrons. The van der Waals surface area contributed by atoms with Crippen LogP contribution in [0.25, 0.3) is 16.6 Å². The molecular formula is C29H30F3N7O3. The minimum Gasteiger partial charge on any atom is -0.489 e. The molecule has 0 radical (unpaired) electrons. The van der Waals surface area contributed by atoms with Gasteiger partial charge in [-0.25, -0.2) is 9.50 Å². The number of nitriles is 1. The monoisotopic (exact) mass is 581 g/mol. The molecular weight excluding hydrogens is 551 g/mol. The van der Waals surface area contributed by atoms with Gasteiger partial charge in [0.2, 0.25) is 5.90 Å². The highest BCUT2D eigenvalue weighted by molar-refractivity contribution is 5.88. The molecule has 0 spiro atoms. The lowest BCUT2D eigenvalue weighted by atomic mass is 9.86. The molecule has 13 heteroatoms. The normalized spacial score (nSPS) is 19.9. The zero-order valence-electron chi connectivity index (χ0n) is 23.1. The quantitative estimate of drug-likeness (QED) is 0.232. The van der Waals surface area contributed by atoms with Crippen molar-refractivity contribution in [1.29, 1.82) is 5.26 Å². The number of anilines is 1. The number of piperazine rings is 1. The van der Waals surface area contributed by atoms with Crippen LogP contribution in [-0.4, -0.2) is 95.3 Å². The molecule has 10 nitrogen and oxygen atoms in total. The summed E-state index contributed by atoms with van der Waals surface area (Å²) in [5.41, 5.74) is 2.90. The Morgan fingerprint density at radius 1 is 1.29 bits per heavy atom. The molecule has 3 saturated heterocycles. The molecule has 0 saturated carbocycles. The predicted molar refractivity (Wildman–Crippen MR) is 150 cm³/mol. The molecule has 2 bridgehead atoms. The number of halogens is 3. The Hall–Kier alpha value is -4.41. The Morgan fingerprint density at radius 2 is 2.05 bits per heavy atom. The molecule has 3 fully saturated rings. The zero-order chi connectivity index (χ0) is 30.0. The van der Waals surface area contributed by atoms with E-state index < -0.39 is 18.9 Å². The average Bonchev–Trinajstić information content (AvgIpc) is 3.41. The van der Waals surface area contributed by atoms with Crippen molar-refractivity contribution in [1.82, 2.24) is 19.5 Å². The largest absolute Gasteiger partial charge is 0.489 e. The summed E-state index contributed by atoms with van der Waals surface area (Å²) in [5, 5.41) is 23.1. The second kappa shape index (κ2) is 11.8. The number of nitrogens with zero attached hydrogens (tertiary/aromatic N) is 7. The highest BCUT2D eigenvalue weighted by Crippen LogP contribution is 2.36. The van der Waals surface area contributed by atoms with Gasteiger partial charge in [0.05, 0.1) is 30.6 Å². The summed E-state index contributed by atoms with van der Waals surface area (Å²) in [6.07, 6.45) is 1.81. The van der Waals surface area contributed by atoms with Crippen molar-refractivity contribution in [3.8, 4) is 22.9 Å². The maximum atomic E-state index is 12.8. The van der Waals surface area contributed by atoms with Crippen molar-refractivity contribution in [2.24, 2.45) is 4.99 Å². The number of fused-ring (bicyclic) bond motifs is 3. The third kappa shape index (κ3) is 5.95. The minimum absolute atomic E-state index is 0.0607. The number of aliphatic hydroxyl groups excluding tert-OH is 1. The summed E-state index contributed by atoms with van der Waals surface area (Å²) in [5.74, 6) is 1.41. The van der Waals surface area contributed by atoms with Crippen LogP contribution in [0, 0.1) is 11.3 Å². The molecule has 3 aromatic heterocycles. The van der Waals surface area contributed by atoms with Crippen LogP contribution >= 0.6 is 0 Å². The molecule has 3 aromatic rings. The fraction of sp³-hybridized carbons (Fsp3) is 0.379. The van der Waals surface area contributed by atoms with Crippen LogP contribution < -0.4 is 9.64 Å². The van der Waals surface area contributed by atoms with E-state index in [9.17, 15) is 23.5 Å². The van der Waals surface area contributed by atoms with Gasteiger partial charge in [0, 0.05) is 62.2 Å². The van der Waals surface area contributed by atoms with Gasteiger partial charge in [0.1, 0.15) is 24.2 Å². The first kappa shape index (κ1) is 29.1. The first-order valence-electron chi connectivity index (χ1n) is 13.2. The van der Waals surface area contributed by atoms with Crippen LogP contribution in [0.2, 0.25) is 0 Å². The molecule has 6 heterocycles. The summed E-state index contributed by atoms with van der Waals surface area (Å²) >= 11 is 0.